The van der Waals surface area contributed by atoms with Crippen LogP contribution in [0.25, 0.3) is 11.1 Å². The zero-order valence-corrected chi connectivity index (χ0v) is 12.0. The fourth-order valence-corrected chi connectivity index (χ4v) is 3.25. The molecule has 3 heteroatoms. The lowest BCUT2D eigenvalue weighted by Crippen LogP contribution is -2.45. The first kappa shape index (κ1) is 12.7. The van der Waals surface area contributed by atoms with E-state index in [2.05, 4.69) is 32.9 Å². The van der Waals surface area contributed by atoms with Crippen molar-refractivity contribution < 1.29 is 4.42 Å². The molecule has 3 nitrogen and oxygen atoms in total. The summed E-state index contributed by atoms with van der Waals surface area (Å²) in [6.45, 7) is 6.37. The lowest BCUT2D eigenvalue weighted by molar-refractivity contribution is 0.225. The van der Waals surface area contributed by atoms with Gasteiger partial charge in [0.15, 0.2) is 5.58 Å². The average molecular weight is 258 g/mol. The highest BCUT2D eigenvalue weighted by atomic mass is 16.3. The third kappa shape index (κ3) is 1.96. The van der Waals surface area contributed by atoms with Gasteiger partial charge in [-0.25, -0.2) is 4.98 Å². The van der Waals surface area contributed by atoms with Crippen LogP contribution in [0.5, 0.6) is 0 Å². The zero-order valence-electron chi connectivity index (χ0n) is 12.0. The van der Waals surface area contributed by atoms with Crippen LogP contribution in [0, 0.1) is 13.8 Å². The normalized spacial score (nSPS) is 27.9. The van der Waals surface area contributed by atoms with E-state index in [1.165, 1.54) is 18.4 Å². The van der Waals surface area contributed by atoms with Crippen LogP contribution in [0.15, 0.2) is 16.5 Å². The molecule has 3 rings (SSSR count). The van der Waals surface area contributed by atoms with Crippen molar-refractivity contribution in [3.05, 3.63) is 29.2 Å². The number of hydrogen-bond donors (Lipinski definition) is 1. The second kappa shape index (κ2) is 4.34. The minimum atomic E-state index is -0.113. The van der Waals surface area contributed by atoms with Gasteiger partial charge in [0.2, 0.25) is 5.89 Å². The van der Waals surface area contributed by atoms with Crippen molar-refractivity contribution in [3.8, 4) is 0 Å². The minimum Gasteiger partial charge on any atom is -0.440 e. The van der Waals surface area contributed by atoms with Crippen LogP contribution in [0.3, 0.4) is 0 Å². The zero-order chi connectivity index (χ0) is 13.6. The summed E-state index contributed by atoms with van der Waals surface area (Å²) in [6, 6.07) is 4.38. The monoisotopic (exact) mass is 258 g/mol. The summed E-state index contributed by atoms with van der Waals surface area (Å²) in [7, 11) is 0. The Labute approximate surface area is 114 Å². The van der Waals surface area contributed by atoms with Crippen molar-refractivity contribution in [3.63, 3.8) is 0 Å². The van der Waals surface area contributed by atoms with Gasteiger partial charge in [0.1, 0.15) is 5.52 Å². The lowest BCUT2D eigenvalue weighted by atomic mass is 9.72. The number of fused-ring (bicyclic) bond motifs is 1. The predicted molar refractivity (Wildman–Crippen MR) is 77.3 cm³/mol. The van der Waals surface area contributed by atoms with Crippen LogP contribution in [-0.2, 0) is 5.41 Å². The Bertz CT molecular complexity index is 616. The number of aromatic nitrogens is 1. The van der Waals surface area contributed by atoms with Crippen LogP contribution >= 0.6 is 0 Å². The number of hydrogen-bond acceptors (Lipinski definition) is 3. The molecule has 102 valence electrons. The molecule has 1 aromatic heterocycles. The van der Waals surface area contributed by atoms with E-state index in [1.807, 2.05) is 0 Å². The number of nitrogens with two attached hydrogens (primary N) is 1. The van der Waals surface area contributed by atoms with Crippen LogP contribution in [-0.4, -0.2) is 11.0 Å². The van der Waals surface area contributed by atoms with Gasteiger partial charge in [-0.1, -0.05) is 18.9 Å². The van der Waals surface area contributed by atoms with E-state index in [0.29, 0.717) is 0 Å². The van der Waals surface area contributed by atoms with E-state index in [1.54, 1.807) is 0 Å². The molecule has 2 unspecified atom stereocenters. The number of benzene rings is 1. The smallest absolute Gasteiger partial charge is 0.203 e. The molecule has 0 amide bonds. The summed E-state index contributed by atoms with van der Waals surface area (Å²) in [6.07, 6.45) is 4.56. The van der Waals surface area contributed by atoms with Crippen molar-refractivity contribution in [1.82, 2.24) is 4.98 Å². The number of nitrogens with zero attached hydrogens (tertiary/aromatic N) is 1. The Morgan fingerprint density at radius 2 is 2.11 bits per heavy atom. The maximum absolute atomic E-state index is 6.34. The SMILES string of the molecule is Cc1cc(C)c2oc(C3(C)CCCCC3N)nc2c1. The maximum Gasteiger partial charge on any atom is 0.203 e. The Kier molecular flexibility index (Phi) is 2.90. The van der Waals surface area contributed by atoms with Gasteiger partial charge in [-0.2, -0.15) is 0 Å². The van der Waals surface area contributed by atoms with Gasteiger partial charge in [-0.05, 0) is 50.8 Å². The maximum atomic E-state index is 6.34. The Hall–Kier alpha value is -1.35. The molecule has 1 saturated carbocycles. The Balaban J connectivity index is 2.12. The largest absolute Gasteiger partial charge is 0.440 e. The molecule has 0 aliphatic heterocycles. The summed E-state index contributed by atoms with van der Waals surface area (Å²) in [5, 5.41) is 0. The lowest BCUT2D eigenvalue weighted by Gasteiger charge is -2.36. The van der Waals surface area contributed by atoms with Crippen molar-refractivity contribution >= 4 is 11.1 Å². The molecule has 1 fully saturated rings. The van der Waals surface area contributed by atoms with Gasteiger partial charge in [-0.3, -0.25) is 0 Å². The van der Waals surface area contributed by atoms with Crippen molar-refractivity contribution in [2.24, 2.45) is 5.73 Å². The summed E-state index contributed by atoms with van der Waals surface area (Å²) >= 11 is 0. The number of aryl methyl sites for hydroxylation is 2. The number of oxazole rings is 1. The van der Waals surface area contributed by atoms with Crippen LogP contribution in [0.2, 0.25) is 0 Å². The van der Waals surface area contributed by atoms with Gasteiger partial charge in [0.05, 0.1) is 5.41 Å². The summed E-state index contributed by atoms with van der Waals surface area (Å²) < 4.78 is 6.08. The molecule has 0 bridgehead atoms. The van der Waals surface area contributed by atoms with Gasteiger partial charge < -0.3 is 10.2 Å². The first-order valence-corrected chi connectivity index (χ1v) is 7.14. The Morgan fingerprint density at radius 1 is 1.32 bits per heavy atom. The third-order valence-electron chi connectivity index (χ3n) is 4.59. The van der Waals surface area contributed by atoms with E-state index in [0.717, 1.165) is 35.4 Å². The van der Waals surface area contributed by atoms with Gasteiger partial charge in [0, 0.05) is 6.04 Å². The Morgan fingerprint density at radius 3 is 2.84 bits per heavy atom. The molecule has 2 N–H and O–H groups in total. The highest BCUT2D eigenvalue weighted by Gasteiger charge is 2.40. The highest BCUT2D eigenvalue weighted by molar-refractivity contribution is 5.77. The van der Waals surface area contributed by atoms with E-state index in [-0.39, 0.29) is 11.5 Å². The summed E-state index contributed by atoms with van der Waals surface area (Å²) in [4.78, 5) is 4.73. The van der Waals surface area contributed by atoms with E-state index >= 15 is 0 Å². The molecular weight excluding hydrogens is 236 g/mol. The quantitative estimate of drug-likeness (QED) is 0.850. The van der Waals surface area contributed by atoms with Crippen molar-refractivity contribution in [1.29, 1.82) is 0 Å². The number of rotatable bonds is 1. The van der Waals surface area contributed by atoms with Gasteiger partial charge in [0.25, 0.3) is 0 Å². The van der Waals surface area contributed by atoms with E-state index < -0.39 is 0 Å². The second-order valence-corrected chi connectivity index (χ2v) is 6.22. The standard InChI is InChI=1S/C16H22N2O/c1-10-8-11(2)14-12(9-10)18-15(19-14)16(3)7-5-4-6-13(16)17/h8-9,13H,4-7,17H2,1-3H3. The van der Waals surface area contributed by atoms with Gasteiger partial charge >= 0.3 is 0 Å². The molecule has 1 aromatic carbocycles. The topological polar surface area (TPSA) is 52.0 Å². The predicted octanol–water partition coefficient (Wildman–Crippen LogP) is 3.60. The second-order valence-electron chi connectivity index (χ2n) is 6.22. The molecule has 2 aromatic rings. The van der Waals surface area contributed by atoms with Gasteiger partial charge in [-0.15, -0.1) is 0 Å². The van der Waals surface area contributed by atoms with Crippen LogP contribution in [0.4, 0.5) is 0 Å². The van der Waals surface area contributed by atoms with E-state index in [9.17, 15) is 0 Å². The average Bonchev–Trinajstić information content (AvgIpc) is 2.77. The minimum absolute atomic E-state index is 0.113. The molecule has 1 aliphatic rings. The molecule has 0 saturated heterocycles. The van der Waals surface area contributed by atoms with Crippen molar-refractivity contribution in [2.45, 2.75) is 57.9 Å². The molecule has 1 heterocycles. The molecule has 19 heavy (non-hydrogen) atoms. The van der Waals surface area contributed by atoms with E-state index in [4.69, 9.17) is 15.1 Å². The van der Waals surface area contributed by atoms with Crippen molar-refractivity contribution in [2.75, 3.05) is 0 Å². The molecular formula is C16H22N2O. The first-order chi connectivity index (χ1) is 9.00. The fourth-order valence-electron chi connectivity index (χ4n) is 3.25. The highest BCUT2D eigenvalue weighted by Crippen LogP contribution is 2.39. The summed E-state index contributed by atoms with van der Waals surface area (Å²) in [5.41, 5.74) is 10.5. The summed E-state index contributed by atoms with van der Waals surface area (Å²) in [5.74, 6) is 0.823. The third-order valence-corrected chi connectivity index (χ3v) is 4.59. The molecule has 2 atom stereocenters. The molecule has 0 spiro atoms. The molecule has 1 aliphatic carbocycles. The van der Waals surface area contributed by atoms with Crippen LogP contribution < -0.4 is 5.73 Å². The molecule has 0 radical (unpaired) electrons. The van der Waals surface area contributed by atoms with Crippen LogP contribution in [0.1, 0.15) is 49.6 Å². The fraction of sp³-hybridized carbons (Fsp3) is 0.562. The first-order valence-electron chi connectivity index (χ1n) is 7.14.